The third-order valence-corrected chi connectivity index (χ3v) is 5.09. The number of carbonyl (C=O) groups is 1. The molecule has 0 radical (unpaired) electrons. The molecule has 4 rings (SSSR count). The van der Waals surface area contributed by atoms with E-state index >= 15 is 0 Å². The topological polar surface area (TPSA) is 78.4 Å². The number of aromatic carboxylic acids is 1. The van der Waals surface area contributed by atoms with E-state index < -0.39 is 5.97 Å². The Bertz CT molecular complexity index is 1070. The second-order valence-corrected chi connectivity index (χ2v) is 6.89. The molecule has 2 N–H and O–H groups in total. The van der Waals surface area contributed by atoms with Crippen LogP contribution in [-0.4, -0.2) is 27.6 Å². The summed E-state index contributed by atoms with van der Waals surface area (Å²) >= 11 is 1.50. The predicted molar refractivity (Wildman–Crippen MR) is 110 cm³/mol. The summed E-state index contributed by atoms with van der Waals surface area (Å²) < 4.78 is 5.50. The average Bonchev–Trinajstić information content (AvgIpc) is 3.15. The summed E-state index contributed by atoms with van der Waals surface area (Å²) in [6.07, 6.45) is 4.26. The Labute approximate surface area is 166 Å². The van der Waals surface area contributed by atoms with Crippen LogP contribution < -0.4 is 9.03 Å². The van der Waals surface area contributed by atoms with E-state index in [4.69, 9.17) is 5.11 Å². The standard InChI is InChI=1S/C21H16N4O2S/c26-21(27)19-10-8-15(14-23-19)7-9-16-4-1-2-6-18(16)24-28-25-13-11-17-5-3-12-22-20(17)25/h1-6,8,10,12,14,24H,11,13H2,(H,26,27). The summed E-state index contributed by atoms with van der Waals surface area (Å²) in [4.78, 5) is 19.2. The summed E-state index contributed by atoms with van der Waals surface area (Å²) in [5.41, 5.74) is 3.66. The fourth-order valence-corrected chi connectivity index (χ4v) is 3.61. The first-order chi connectivity index (χ1) is 13.7. The van der Waals surface area contributed by atoms with E-state index in [9.17, 15) is 4.79 Å². The highest BCUT2D eigenvalue weighted by atomic mass is 32.2. The number of anilines is 2. The van der Waals surface area contributed by atoms with E-state index in [1.807, 2.05) is 30.3 Å². The predicted octanol–water partition coefficient (Wildman–Crippen LogP) is 3.61. The van der Waals surface area contributed by atoms with Crippen LogP contribution in [0.15, 0.2) is 60.9 Å². The quantitative estimate of drug-likeness (QED) is 0.522. The Balaban J connectivity index is 1.48. The fourth-order valence-electron chi connectivity index (χ4n) is 2.79. The maximum atomic E-state index is 10.9. The van der Waals surface area contributed by atoms with Crippen LogP contribution in [0.1, 0.15) is 27.2 Å². The third kappa shape index (κ3) is 3.92. The number of nitrogens with one attached hydrogen (secondary N) is 1. The van der Waals surface area contributed by atoms with Gasteiger partial charge in [0.1, 0.15) is 11.5 Å². The molecule has 0 amide bonds. The number of carboxylic acid groups (broad SMARTS) is 1. The molecule has 6 nitrogen and oxygen atoms in total. The van der Waals surface area contributed by atoms with Crippen LogP contribution in [0.4, 0.5) is 11.5 Å². The number of hydrogen-bond donors (Lipinski definition) is 2. The summed E-state index contributed by atoms with van der Waals surface area (Å²) in [5.74, 6) is 6.10. The summed E-state index contributed by atoms with van der Waals surface area (Å²) in [6.45, 7) is 0.902. The van der Waals surface area contributed by atoms with Gasteiger partial charge in [0, 0.05) is 30.1 Å². The lowest BCUT2D eigenvalue weighted by molar-refractivity contribution is 0.0690. The normalized spacial score (nSPS) is 12.1. The number of pyridine rings is 2. The molecule has 1 aliphatic heterocycles. The zero-order valence-electron chi connectivity index (χ0n) is 14.8. The van der Waals surface area contributed by atoms with Crippen molar-refractivity contribution in [2.75, 3.05) is 15.6 Å². The van der Waals surface area contributed by atoms with Gasteiger partial charge in [-0.3, -0.25) is 4.31 Å². The largest absolute Gasteiger partial charge is 0.477 e. The molecule has 3 heterocycles. The van der Waals surface area contributed by atoms with E-state index in [0.717, 1.165) is 30.0 Å². The van der Waals surface area contributed by atoms with Gasteiger partial charge >= 0.3 is 5.97 Å². The van der Waals surface area contributed by atoms with Gasteiger partial charge in [0.05, 0.1) is 17.8 Å². The van der Waals surface area contributed by atoms with Gasteiger partial charge in [-0.1, -0.05) is 30.0 Å². The van der Waals surface area contributed by atoms with Crippen LogP contribution in [0.2, 0.25) is 0 Å². The number of nitrogens with zero attached hydrogens (tertiary/aromatic N) is 3. The van der Waals surface area contributed by atoms with Gasteiger partial charge in [0.25, 0.3) is 0 Å². The number of aromatic nitrogens is 2. The highest BCUT2D eigenvalue weighted by Crippen LogP contribution is 2.31. The Morgan fingerprint density at radius 2 is 2.00 bits per heavy atom. The first-order valence-corrected chi connectivity index (χ1v) is 9.43. The van der Waals surface area contributed by atoms with E-state index in [1.54, 1.807) is 12.3 Å². The Kier molecular flexibility index (Phi) is 5.13. The molecule has 0 unspecified atom stereocenters. The van der Waals surface area contributed by atoms with Crippen molar-refractivity contribution in [3.8, 4) is 11.8 Å². The minimum absolute atomic E-state index is 0.00326. The summed E-state index contributed by atoms with van der Waals surface area (Å²) in [6, 6.07) is 15.0. The first-order valence-electron chi connectivity index (χ1n) is 8.65. The number of rotatable bonds is 4. The molecule has 0 aliphatic carbocycles. The van der Waals surface area contributed by atoms with Crippen molar-refractivity contribution in [2.24, 2.45) is 0 Å². The molecule has 0 atom stereocenters. The maximum Gasteiger partial charge on any atom is 0.354 e. The molecular weight excluding hydrogens is 372 g/mol. The molecule has 1 aliphatic rings. The van der Waals surface area contributed by atoms with Crippen molar-refractivity contribution in [1.82, 2.24) is 9.97 Å². The maximum absolute atomic E-state index is 10.9. The average molecular weight is 388 g/mol. The van der Waals surface area contributed by atoms with E-state index in [2.05, 4.69) is 36.9 Å². The van der Waals surface area contributed by atoms with Crippen molar-refractivity contribution in [2.45, 2.75) is 6.42 Å². The first kappa shape index (κ1) is 17.9. The molecule has 0 fully saturated rings. The van der Waals surface area contributed by atoms with Gasteiger partial charge < -0.3 is 9.83 Å². The second kappa shape index (κ2) is 8.03. The van der Waals surface area contributed by atoms with Gasteiger partial charge in [0.15, 0.2) is 0 Å². The van der Waals surface area contributed by atoms with Crippen molar-refractivity contribution in [1.29, 1.82) is 0 Å². The van der Waals surface area contributed by atoms with Crippen LogP contribution in [-0.2, 0) is 6.42 Å². The lowest BCUT2D eigenvalue weighted by Gasteiger charge is -2.17. The van der Waals surface area contributed by atoms with Crippen molar-refractivity contribution in [3.05, 3.63) is 83.3 Å². The second-order valence-electron chi connectivity index (χ2n) is 6.06. The van der Waals surface area contributed by atoms with Gasteiger partial charge in [-0.25, -0.2) is 14.8 Å². The molecule has 3 aromatic rings. The molecule has 0 saturated carbocycles. The minimum atomic E-state index is -1.05. The zero-order valence-corrected chi connectivity index (χ0v) is 15.6. The highest BCUT2D eigenvalue weighted by molar-refractivity contribution is 8.01. The van der Waals surface area contributed by atoms with Crippen LogP contribution in [0, 0.1) is 11.8 Å². The summed E-state index contributed by atoms with van der Waals surface area (Å²) in [7, 11) is 0. The molecule has 2 aromatic heterocycles. The van der Waals surface area contributed by atoms with Crippen LogP contribution in [0.5, 0.6) is 0 Å². The number of para-hydroxylation sites is 1. The molecule has 0 bridgehead atoms. The van der Waals surface area contributed by atoms with E-state index in [0.29, 0.717) is 5.56 Å². The Morgan fingerprint density at radius 1 is 1.11 bits per heavy atom. The van der Waals surface area contributed by atoms with Gasteiger partial charge in [-0.05, 0) is 42.3 Å². The number of fused-ring (bicyclic) bond motifs is 1. The van der Waals surface area contributed by atoms with Gasteiger partial charge in [-0.15, -0.1) is 0 Å². The molecule has 7 heteroatoms. The van der Waals surface area contributed by atoms with Crippen molar-refractivity contribution in [3.63, 3.8) is 0 Å². The molecule has 0 spiro atoms. The van der Waals surface area contributed by atoms with Crippen molar-refractivity contribution >= 4 is 29.6 Å². The lowest BCUT2D eigenvalue weighted by atomic mass is 10.1. The van der Waals surface area contributed by atoms with Crippen LogP contribution in [0.3, 0.4) is 0 Å². The van der Waals surface area contributed by atoms with Crippen LogP contribution >= 0.6 is 12.1 Å². The Hall–Kier alpha value is -3.50. The lowest BCUT2D eigenvalue weighted by Crippen LogP contribution is -2.14. The van der Waals surface area contributed by atoms with Gasteiger partial charge in [0.2, 0.25) is 0 Å². The van der Waals surface area contributed by atoms with Crippen LogP contribution in [0.25, 0.3) is 0 Å². The molecule has 1 aromatic carbocycles. The van der Waals surface area contributed by atoms with Gasteiger partial charge in [-0.2, -0.15) is 0 Å². The highest BCUT2D eigenvalue weighted by Gasteiger charge is 2.20. The smallest absolute Gasteiger partial charge is 0.354 e. The number of benzene rings is 1. The number of hydrogen-bond acceptors (Lipinski definition) is 6. The van der Waals surface area contributed by atoms with Crippen molar-refractivity contribution < 1.29 is 9.90 Å². The minimum Gasteiger partial charge on any atom is -0.477 e. The van der Waals surface area contributed by atoms with E-state index in [1.165, 1.54) is 30.0 Å². The van der Waals surface area contributed by atoms with E-state index in [-0.39, 0.29) is 5.69 Å². The molecule has 0 saturated heterocycles. The third-order valence-electron chi connectivity index (χ3n) is 4.20. The molecular formula is C21H16N4O2S. The molecule has 138 valence electrons. The summed E-state index contributed by atoms with van der Waals surface area (Å²) in [5, 5.41) is 8.91. The Morgan fingerprint density at radius 3 is 2.82 bits per heavy atom. The molecule has 28 heavy (non-hydrogen) atoms. The fraction of sp³-hybridized carbons (Fsp3) is 0.0952. The number of carboxylic acids is 1. The zero-order chi connectivity index (χ0) is 19.3. The monoisotopic (exact) mass is 388 g/mol. The SMILES string of the molecule is O=C(O)c1ccc(C#Cc2ccccc2NSN2CCc3cccnc32)cn1.